The fraction of sp³-hybridized carbons (Fsp3) is 0.531. The minimum atomic E-state index is -4.59. The van der Waals surface area contributed by atoms with Crippen molar-refractivity contribution in [1.29, 1.82) is 0 Å². The van der Waals surface area contributed by atoms with Gasteiger partial charge in [0.15, 0.2) is 0 Å². The second-order valence-electron chi connectivity index (χ2n) is 12.6. The zero-order chi connectivity index (χ0) is 34.4. The normalized spacial score (nSPS) is 19.6. The number of alkyl halides is 3. The number of rotatable bonds is 13. The van der Waals surface area contributed by atoms with Crippen molar-refractivity contribution in [2.45, 2.75) is 94.5 Å². The molecule has 3 atom stereocenters. The number of hydrogen-bond acceptors (Lipinski definition) is 6. The van der Waals surface area contributed by atoms with Crippen LogP contribution in [0.2, 0.25) is 0 Å². The summed E-state index contributed by atoms with van der Waals surface area (Å²) in [6.07, 6.45) is -3.49. The van der Waals surface area contributed by atoms with Gasteiger partial charge in [-0.15, -0.1) is 12.4 Å². The number of carbonyl (C=O) groups is 3. The third-order valence-electron chi connectivity index (χ3n) is 8.69. The molecular weight excluding hydrogens is 661 g/mol. The highest BCUT2D eigenvalue weighted by atomic mass is 35.5. The largest absolute Gasteiger partial charge is 0.479 e. The first-order valence-electron chi connectivity index (χ1n) is 15.2. The first-order chi connectivity index (χ1) is 21.4. The Hall–Kier alpha value is -3.20. The van der Waals surface area contributed by atoms with Crippen LogP contribution in [-0.2, 0) is 30.6 Å². The van der Waals surface area contributed by atoms with Gasteiger partial charge in [0, 0.05) is 18.4 Å². The van der Waals surface area contributed by atoms with Gasteiger partial charge in [-0.05, 0) is 67.3 Å². The molecule has 1 fully saturated rings. The molecule has 0 aliphatic heterocycles. The van der Waals surface area contributed by atoms with E-state index < -0.39 is 69.1 Å². The number of carboxylic acid groups (broad SMARTS) is 1. The topological polar surface area (TPSA) is 168 Å². The molecule has 2 aromatic carbocycles. The highest BCUT2D eigenvalue weighted by Crippen LogP contribution is 2.33. The Morgan fingerprint density at radius 3 is 1.96 bits per heavy atom. The second kappa shape index (κ2) is 16.3. The van der Waals surface area contributed by atoms with Gasteiger partial charge in [-0.25, -0.2) is 17.9 Å². The van der Waals surface area contributed by atoms with E-state index in [1.54, 1.807) is 58.0 Å². The highest BCUT2D eigenvalue weighted by Gasteiger charge is 2.46. The van der Waals surface area contributed by atoms with Gasteiger partial charge in [-0.2, -0.15) is 13.2 Å². The van der Waals surface area contributed by atoms with E-state index in [0.29, 0.717) is 43.4 Å². The van der Waals surface area contributed by atoms with Crippen molar-refractivity contribution in [2.24, 2.45) is 23.5 Å². The van der Waals surface area contributed by atoms with Crippen LogP contribution in [0.3, 0.4) is 0 Å². The van der Waals surface area contributed by atoms with Crippen LogP contribution in [0, 0.1) is 17.8 Å². The summed E-state index contributed by atoms with van der Waals surface area (Å²) in [6, 6.07) is 9.78. The van der Waals surface area contributed by atoms with Crippen LogP contribution >= 0.6 is 12.4 Å². The minimum Gasteiger partial charge on any atom is -0.479 e. The molecule has 0 heterocycles. The third kappa shape index (κ3) is 10.1. The molecule has 6 N–H and O–H groups in total. The Balaban J connectivity index is 0.00000768. The molecule has 0 saturated heterocycles. The summed E-state index contributed by atoms with van der Waals surface area (Å²) in [4.78, 5) is 39.0. The van der Waals surface area contributed by atoms with Crippen molar-refractivity contribution in [3.8, 4) is 0 Å². The van der Waals surface area contributed by atoms with E-state index in [-0.39, 0.29) is 35.5 Å². The maximum absolute atomic E-state index is 13.6. The number of benzene rings is 2. The smallest absolute Gasteiger partial charge is 0.416 e. The molecule has 10 nitrogen and oxygen atoms in total. The zero-order valence-corrected chi connectivity index (χ0v) is 28.3. The average molecular weight is 705 g/mol. The number of aliphatic carboxylic acids is 1. The molecule has 0 bridgehead atoms. The molecule has 3 rings (SSSR count). The molecule has 47 heavy (non-hydrogen) atoms. The molecule has 1 aliphatic carbocycles. The van der Waals surface area contributed by atoms with Crippen LogP contribution in [0.4, 0.5) is 13.2 Å². The van der Waals surface area contributed by atoms with Crippen molar-refractivity contribution in [3.05, 3.63) is 65.7 Å². The predicted octanol–water partition coefficient (Wildman–Crippen LogP) is 4.79. The Labute approximate surface area is 279 Å². The fourth-order valence-electron chi connectivity index (χ4n) is 5.56. The van der Waals surface area contributed by atoms with Gasteiger partial charge in [0.25, 0.3) is 0 Å². The van der Waals surface area contributed by atoms with E-state index in [0.717, 1.165) is 12.1 Å². The van der Waals surface area contributed by atoms with Gasteiger partial charge in [0.1, 0.15) is 5.54 Å². The number of carbonyl (C=O) groups excluding carboxylic acids is 2. The summed E-state index contributed by atoms with van der Waals surface area (Å²) < 4.78 is 66.8. The number of carboxylic acids is 1. The van der Waals surface area contributed by atoms with Gasteiger partial charge in [0.2, 0.25) is 21.8 Å². The number of nitrogens with one attached hydrogen (secondary N) is 3. The lowest BCUT2D eigenvalue weighted by atomic mass is 9.78. The van der Waals surface area contributed by atoms with Crippen molar-refractivity contribution in [3.63, 3.8) is 0 Å². The Kier molecular flexibility index (Phi) is 13.8. The maximum Gasteiger partial charge on any atom is 0.416 e. The fourth-order valence-corrected chi connectivity index (χ4v) is 6.86. The molecule has 1 aliphatic rings. The van der Waals surface area contributed by atoms with Crippen LogP contribution in [0.25, 0.3) is 0 Å². The van der Waals surface area contributed by atoms with Gasteiger partial charge in [-0.3, -0.25) is 9.59 Å². The molecule has 2 amide bonds. The summed E-state index contributed by atoms with van der Waals surface area (Å²) in [5.41, 5.74) is 3.96. The van der Waals surface area contributed by atoms with E-state index >= 15 is 0 Å². The van der Waals surface area contributed by atoms with E-state index in [1.165, 1.54) is 0 Å². The molecule has 0 spiro atoms. The molecule has 0 aromatic heterocycles. The molecular formula is C32H44ClF3N4O6S. The molecule has 15 heteroatoms. The van der Waals surface area contributed by atoms with Crippen LogP contribution in [0.1, 0.15) is 77.0 Å². The summed E-state index contributed by atoms with van der Waals surface area (Å²) in [5.74, 6) is -3.53. The van der Waals surface area contributed by atoms with Crippen LogP contribution in [-0.4, -0.2) is 48.9 Å². The number of hydrogen-bond donors (Lipinski definition) is 5. The lowest BCUT2D eigenvalue weighted by Gasteiger charge is -2.39. The predicted molar refractivity (Wildman–Crippen MR) is 173 cm³/mol. The number of amides is 2. The maximum atomic E-state index is 13.6. The number of sulfonamides is 1. The highest BCUT2D eigenvalue weighted by molar-refractivity contribution is 7.89. The first-order valence-corrected chi connectivity index (χ1v) is 16.7. The van der Waals surface area contributed by atoms with E-state index in [9.17, 15) is 41.1 Å². The van der Waals surface area contributed by atoms with Crippen molar-refractivity contribution < 1.29 is 41.1 Å². The number of nitrogens with two attached hydrogens (primary N) is 1. The molecule has 1 saturated carbocycles. The SMILES string of the molecule is CC(C)[C@H](N)C(=O)N[C@](C[C@H](NC(=O)[C@H]1CC[C@H](NS(=O)(=O)c2ccc(C(F)(F)F)cc2)CC1)c1ccccc1)(C(=O)O)C(C)C.Cl. The summed E-state index contributed by atoms with van der Waals surface area (Å²) in [7, 11) is -4.09. The summed E-state index contributed by atoms with van der Waals surface area (Å²) in [6.45, 7) is 6.85. The van der Waals surface area contributed by atoms with Gasteiger partial charge in [0.05, 0.1) is 22.5 Å². The van der Waals surface area contributed by atoms with E-state index in [2.05, 4.69) is 15.4 Å². The summed E-state index contributed by atoms with van der Waals surface area (Å²) >= 11 is 0. The van der Waals surface area contributed by atoms with Gasteiger partial charge < -0.3 is 21.5 Å². The average Bonchev–Trinajstić information content (AvgIpc) is 2.99. The molecule has 2 aromatic rings. The van der Waals surface area contributed by atoms with Crippen LogP contribution < -0.4 is 21.1 Å². The van der Waals surface area contributed by atoms with Crippen molar-refractivity contribution in [2.75, 3.05) is 0 Å². The Morgan fingerprint density at radius 2 is 1.49 bits per heavy atom. The standard InChI is InChI=1S/C32H43F3N4O6S.ClH/c1-19(2)27(36)29(41)38-31(20(3)4,30(42)43)18-26(21-8-6-5-7-9-21)37-28(40)22-10-14-24(15-11-22)39-46(44,45)25-16-12-23(13-17-25)32(33,34)35;/h5-9,12-13,16-17,19-20,22,24,26-27,39H,10-11,14-15,18,36H2,1-4H3,(H,37,40)(H,38,41)(H,42,43);1H/t22-,24-,26-,27-,31-;/m0./s1. The third-order valence-corrected chi connectivity index (χ3v) is 10.2. The lowest BCUT2D eigenvalue weighted by molar-refractivity contribution is -0.151. The van der Waals surface area contributed by atoms with Gasteiger partial charge in [-0.1, -0.05) is 58.0 Å². The Bertz CT molecular complexity index is 1470. The number of halogens is 4. The van der Waals surface area contributed by atoms with E-state index in [4.69, 9.17) is 5.73 Å². The summed E-state index contributed by atoms with van der Waals surface area (Å²) in [5, 5.41) is 16.1. The second-order valence-corrected chi connectivity index (χ2v) is 14.3. The first kappa shape index (κ1) is 40.0. The quantitative estimate of drug-likeness (QED) is 0.200. The van der Waals surface area contributed by atoms with Crippen molar-refractivity contribution in [1.82, 2.24) is 15.4 Å². The molecule has 262 valence electrons. The molecule has 0 unspecified atom stereocenters. The monoisotopic (exact) mass is 704 g/mol. The van der Waals surface area contributed by atoms with Gasteiger partial charge >= 0.3 is 12.1 Å². The van der Waals surface area contributed by atoms with Crippen LogP contribution in [0.15, 0.2) is 59.5 Å². The Morgan fingerprint density at radius 1 is 0.936 bits per heavy atom. The minimum absolute atomic E-state index is 0. The van der Waals surface area contributed by atoms with Crippen molar-refractivity contribution >= 4 is 40.2 Å². The molecule has 0 radical (unpaired) electrons. The lowest BCUT2D eigenvalue weighted by Crippen LogP contribution is -2.63. The van der Waals surface area contributed by atoms with E-state index in [1.807, 2.05) is 0 Å². The van der Waals surface area contributed by atoms with Crippen LogP contribution in [0.5, 0.6) is 0 Å². The zero-order valence-electron chi connectivity index (χ0n) is 26.7.